The van der Waals surface area contributed by atoms with Crippen LogP contribution in [0.3, 0.4) is 0 Å². The lowest BCUT2D eigenvalue weighted by molar-refractivity contribution is -0.188. The first-order valence-corrected chi connectivity index (χ1v) is 8.66. The van der Waals surface area contributed by atoms with Gasteiger partial charge in [0.05, 0.1) is 19.3 Å². The number of methoxy groups -OCH3 is 1. The van der Waals surface area contributed by atoms with Crippen LogP contribution in [0.5, 0.6) is 0 Å². The number of ether oxygens (including phenoxy) is 3. The second-order valence-corrected chi connectivity index (χ2v) is 7.27. The van der Waals surface area contributed by atoms with Crippen LogP contribution in [0.4, 0.5) is 0 Å². The molecule has 24 heavy (non-hydrogen) atoms. The van der Waals surface area contributed by atoms with Crippen LogP contribution >= 0.6 is 7.75 Å². The van der Waals surface area contributed by atoms with Gasteiger partial charge in [-0.25, -0.2) is 14.4 Å². The van der Waals surface area contributed by atoms with E-state index in [0.717, 1.165) is 11.7 Å². The monoisotopic (exact) mass is 363 g/mol. The third-order valence-electron chi connectivity index (χ3n) is 4.12. The van der Waals surface area contributed by atoms with Crippen LogP contribution in [0.25, 0.3) is 0 Å². The number of nitrogens with zero attached hydrogens (tertiary/aromatic N) is 1. The first-order chi connectivity index (χ1) is 11.3. The first kappa shape index (κ1) is 17.5. The fourth-order valence-electron chi connectivity index (χ4n) is 3.06. The molecule has 0 aliphatic carbocycles. The highest BCUT2D eigenvalue weighted by molar-refractivity contribution is 7.50. The quantitative estimate of drug-likeness (QED) is 0.518. The molecule has 5 atom stereocenters. The molecule has 2 saturated heterocycles. The van der Waals surface area contributed by atoms with Crippen molar-refractivity contribution in [1.29, 1.82) is 0 Å². The molecule has 11 nitrogen and oxygen atoms in total. The van der Waals surface area contributed by atoms with Gasteiger partial charge in [-0.15, -0.1) is 0 Å². The van der Waals surface area contributed by atoms with Crippen LogP contribution in [0.15, 0.2) is 21.9 Å². The molecule has 1 aromatic heterocycles. The molecule has 0 saturated carbocycles. The van der Waals surface area contributed by atoms with Gasteiger partial charge in [0.15, 0.2) is 6.23 Å². The minimum Gasteiger partial charge on any atom is -0.382 e. The Morgan fingerprint density at radius 1 is 1.54 bits per heavy atom. The van der Waals surface area contributed by atoms with Crippen LogP contribution in [-0.2, 0) is 23.3 Å². The van der Waals surface area contributed by atoms with Crippen LogP contribution in [-0.4, -0.2) is 59.6 Å². The second-order valence-electron chi connectivity index (χ2n) is 5.61. The maximum Gasteiger partial charge on any atom is 0.403 e. The number of aromatic amines is 1. The summed E-state index contributed by atoms with van der Waals surface area (Å²) >= 11 is 0. The molecule has 1 aromatic rings. The summed E-state index contributed by atoms with van der Waals surface area (Å²) in [7, 11) is -1.52. The van der Waals surface area contributed by atoms with Crippen molar-refractivity contribution in [2.45, 2.75) is 24.0 Å². The van der Waals surface area contributed by atoms with Crippen molar-refractivity contribution >= 4 is 7.75 Å². The van der Waals surface area contributed by atoms with Gasteiger partial charge in [0, 0.05) is 26.5 Å². The molecule has 3 heterocycles. The smallest absolute Gasteiger partial charge is 0.382 e. The predicted octanol–water partition coefficient (Wildman–Crippen LogP) is -1.45. The average molecular weight is 363 g/mol. The summed E-state index contributed by atoms with van der Waals surface area (Å²) in [6, 6.07) is 0.422. The van der Waals surface area contributed by atoms with Gasteiger partial charge in [0.25, 0.3) is 5.56 Å². The van der Waals surface area contributed by atoms with Crippen molar-refractivity contribution < 1.29 is 28.2 Å². The number of nitrogens with one attached hydrogen (secondary N) is 2. The first-order valence-electron chi connectivity index (χ1n) is 7.08. The second kappa shape index (κ2) is 6.19. The van der Waals surface area contributed by atoms with Crippen molar-refractivity contribution in [3.05, 3.63) is 33.1 Å². The lowest BCUT2D eigenvalue weighted by Gasteiger charge is -2.31. The summed E-state index contributed by atoms with van der Waals surface area (Å²) in [4.78, 5) is 35.1. The molecule has 2 aliphatic rings. The zero-order chi connectivity index (χ0) is 17.5. The molecule has 2 aliphatic heterocycles. The Morgan fingerprint density at radius 3 is 2.92 bits per heavy atom. The van der Waals surface area contributed by atoms with Crippen molar-refractivity contribution in [2.75, 3.05) is 27.4 Å². The lowest BCUT2D eigenvalue weighted by Crippen LogP contribution is -2.50. The van der Waals surface area contributed by atoms with Gasteiger partial charge in [-0.1, -0.05) is 0 Å². The Kier molecular flexibility index (Phi) is 4.51. The highest BCUT2D eigenvalue weighted by atomic mass is 31.2. The van der Waals surface area contributed by atoms with Crippen molar-refractivity contribution in [3.63, 3.8) is 0 Å². The predicted molar refractivity (Wildman–Crippen MR) is 79.5 cm³/mol. The summed E-state index contributed by atoms with van der Waals surface area (Å²) in [6.45, 7) is 0.182. The minimum atomic E-state index is -4.07. The van der Waals surface area contributed by atoms with Crippen LogP contribution in [0.1, 0.15) is 6.23 Å². The largest absolute Gasteiger partial charge is 0.403 e. The Hall–Kier alpha value is -1.33. The molecule has 2 unspecified atom stereocenters. The molecule has 3 rings (SSSR count). The van der Waals surface area contributed by atoms with Crippen molar-refractivity contribution in [1.82, 2.24) is 14.6 Å². The van der Waals surface area contributed by atoms with E-state index in [2.05, 4.69) is 14.6 Å². The topological polar surface area (TPSA) is 141 Å². The third-order valence-corrected chi connectivity index (χ3v) is 5.22. The number of fused-ring (bicyclic) bond motifs is 2. The molecule has 0 amide bonds. The normalized spacial score (nSPS) is 34.4. The summed E-state index contributed by atoms with van der Waals surface area (Å²) in [5.41, 5.74) is -2.29. The molecule has 0 radical (unpaired) electrons. The summed E-state index contributed by atoms with van der Waals surface area (Å²) < 4.78 is 34.4. The molecular formula is C12H18N3O8P. The van der Waals surface area contributed by atoms with E-state index in [9.17, 15) is 19.0 Å². The zero-order valence-electron chi connectivity index (χ0n) is 13.0. The van der Waals surface area contributed by atoms with Gasteiger partial charge in [0.1, 0.15) is 11.7 Å². The number of hydrogen-bond acceptors (Lipinski definition) is 7. The number of rotatable bonds is 6. The van der Waals surface area contributed by atoms with Crippen molar-refractivity contribution in [3.8, 4) is 0 Å². The molecule has 2 bridgehead atoms. The molecular weight excluding hydrogens is 345 g/mol. The maximum atomic E-state index is 12.0. The van der Waals surface area contributed by atoms with Gasteiger partial charge in [-0.2, -0.15) is 0 Å². The molecule has 12 heteroatoms. The fourth-order valence-corrected chi connectivity index (χ4v) is 3.90. The summed E-state index contributed by atoms with van der Waals surface area (Å²) in [6.07, 6.45) is -0.366. The van der Waals surface area contributed by atoms with E-state index in [-0.39, 0.29) is 13.2 Å². The summed E-state index contributed by atoms with van der Waals surface area (Å²) in [5.74, 6) is 0. The average Bonchev–Trinajstić information content (AvgIpc) is 2.98. The van der Waals surface area contributed by atoms with Crippen LogP contribution in [0.2, 0.25) is 0 Å². The molecule has 2 fully saturated rings. The van der Waals surface area contributed by atoms with E-state index >= 15 is 0 Å². The zero-order valence-corrected chi connectivity index (χ0v) is 13.9. The van der Waals surface area contributed by atoms with Crippen molar-refractivity contribution in [2.24, 2.45) is 0 Å². The minimum absolute atomic E-state index is 0.0689. The Morgan fingerprint density at radius 2 is 2.29 bits per heavy atom. The van der Waals surface area contributed by atoms with Gasteiger partial charge in [0.2, 0.25) is 0 Å². The molecule has 0 aromatic carbocycles. The van der Waals surface area contributed by atoms with Gasteiger partial charge < -0.3 is 23.6 Å². The Bertz CT molecular complexity index is 778. The SMILES string of the molecule is COC[C@]12CO[C@H](C1NP(=O)(O)OC)[C@H](n1ccc(=O)[nH]c1=O)O2. The van der Waals surface area contributed by atoms with E-state index < -0.39 is 43.0 Å². The molecule has 0 spiro atoms. The van der Waals surface area contributed by atoms with E-state index in [1.54, 1.807) is 0 Å². The number of aromatic nitrogens is 2. The molecule has 134 valence electrons. The van der Waals surface area contributed by atoms with Gasteiger partial charge >= 0.3 is 13.4 Å². The van der Waals surface area contributed by atoms with E-state index in [0.29, 0.717) is 0 Å². The highest BCUT2D eigenvalue weighted by Gasteiger charge is 2.63. The van der Waals surface area contributed by atoms with E-state index in [1.165, 1.54) is 19.4 Å². The van der Waals surface area contributed by atoms with Crippen LogP contribution in [0, 0.1) is 0 Å². The Balaban J connectivity index is 1.97. The number of hydrogen-bond donors (Lipinski definition) is 3. The highest BCUT2D eigenvalue weighted by Crippen LogP contribution is 2.49. The maximum absolute atomic E-state index is 12.0. The molecule has 3 N–H and O–H groups in total. The van der Waals surface area contributed by atoms with Gasteiger partial charge in [-0.3, -0.25) is 14.3 Å². The number of H-pyrrole nitrogens is 1. The van der Waals surface area contributed by atoms with E-state index in [1.807, 2.05) is 0 Å². The third kappa shape index (κ3) is 2.88. The Labute approximate surface area is 136 Å². The van der Waals surface area contributed by atoms with Gasteiger partial charge in [-0.05, 0) is 0 Å². The standard InChI is InChI=1S/C12H18N3O8P/c1-20-5-12-6-22-8(9(12)14-24(18,19)21-2)10(23-12)15-4-3-7(16)13-11(15)17/h3-4,8-10H,5-6H2,1-2H3,(H,13,16,17)(H2,14,18,19)/t8-,9?,10-,12+/m1/s1. The van der Waals surface area contributed by atoms with E-state index in [4.69, 9.17) is 14.2 Å². The lowest BCUT2D eigenvalue weighted by atomic mass is 9.98. The van der Waals surface area contributed by atoms with Crippen LogP contribution < -0.4 is 16.3 Å². The summed E-state index contributed by atoms with van der Waals surface area (Å²) in [5, 5.41) is 2.49. The fraction of sp³-hybridized carbons (Fsp3) is 0.667.